The van der Waals surface area contributed by atoms with Gasteiger partial charge in [-0.3, -0.25) is 0 Å². The number of ether oxygens (including phenoxy) is 1. The third kappa shape index (κ3) is 2.47. The van der Waals surface area contributed by atoms with Crippen molar-refractivity contribution in [3.05, 3.63) is 29.8 Å². The van der Waals surface area contributed by atoms with Crippen LogP contribution in [-0.2, 0) is 9.53 Å². The number of esters is 1. The highest BCUT2D eigenvalue weighted by atomic mass is 16.5. The third-order valence-corrected chi connectivity index (χ3v) is 1.77. The van der Waals surface area contributed by atoms with E-state index in [1.165, 1.54) is 12.1 Å². The number of rotatable bonds is 3. The molecule has 0 bridgehead atoms. The smallest absolute Gasteiger partial charge is 0.327 e. The monoisotopic (exact) mass is 195 g/mol. The van der Waals surface area contributed by atoms with Crippen molar-refractivity contribution in [2.45, 2.75) is 13.0 Å². The van der Waals surface area contributed by atoms with Crippen LogP contribution in [0.5, 0.6) is 5.75 Å². The number of carbonyl (C=O) groups excluding carboxylic acids is 1. The summed E-state index contributed by atoms with van der Waals surface area (Å²) in [7, 11) is 0. The van der Waals surface area contributed by atoms with Gasteiger partial charge in [0.1, 0.15) is 11.8 Å². The summed E-state index contributed by atoms with van der Waals surface area (Å²) in [5.74, 6) is -0.402. The Labute approximate surface area is 82.3 Å². The Kier molecular flexibility index (Phi) is 3.48. The van der Waals surface area contributed by atoms with Crippen molar-refractivity contribution in [3.63, 3.8) is 0 Å². The van der Waals surface area contributed by atoms with E-state index in [0.29, 0.717) is 12.2 Å². The van der Waals surface area contributed by atoms with Gasteiger partial charge >= 0.3 is 5.97 Å². The third-order valence-electron chi connectivity index (χ3n) is 1.77. The number of hydrogen-bond donors (Lipinski definition) is 2. The first-order chi connectivity index (χ1) is 6.65. The highest BCUT2D eigenvalue weighted by molar-refractivity contribution is 5.77. The molecule has 0 aliphatic rings. The second-order valence-electron chi connectivity index (χ2n) is 2.82. The largest absolute Gasteiger partial charge is 0.508 e. The van der Waals surface area contributed by atoms with Crippen LogP contribution >= 0.6 is 0 Å². The normalized spacial score (nSPS) is 12.1. The summed E-state index contributed by atoms with van der Waals surface area (Å²) in [6, 6.07) is 5.43. The van der Waals surface area contributed by atoms with Crippen molar-refractivity contribution in [1.82, 2.24) is 0 Å². The summed E-state index contributed by atoms with van der Waals surface area (Å²) in [5, 5.41) is 9.17. The predicted molar refractivity (Wildman–Crippen MR) is 51.7 cm³/mol. The number of hydrogen-bond acceptors (Lipinski definition) is 4. The molecular weight excluding hydrogens is 182 g/mol. The minimum absolute atomic E-state index is 0.0854. The van der Waals surface area contributed by atoms with Gasteiger partial charge in [0.25, 0.3) is 0 Å². The average molecular weight is 195 g/mol. The summed E-state index contributed by atoms with van der Waals surface area (Å²) in [6.45, 7) is 2.01. The lowest BCUT2D eigenvalue weighted by Crippen LogP contribution is -2.23. The molecule has 1 aromatic carbocycles. The molecule has 0 amide bonds. The zero-order valence-corrected chi connectivity index (χ0v) is 7.93. The number of benzene rings is 1. The first kappa shape index (κ1) is 10.5. The van der Waals surface area contributed by atoms with Crippen LogP contribution in [0.15, 0.2) is 24.3 Å². The van der Waals surface area contributed by atoms with Gasteiger partial charge in [-0.1, -0.05) is 12.1 Å². The van der Waals surface area contributed by atoms with Crippen LogP contribution < -0.4 is 5.73 Å². The predicted octanol–water partition coefficient (Wildman–Crippen LogP) is 0.955. The van der Waals surface area contributed by atoms with E-state index in [1.54, 1.807) is 19.1 Å². The van der Waals surface area contributed by atoms with Gasteiger partial charge in [-0.2, -0.15) is 0 Å². The molecule has 1 rings (SSSR count). The second kappa shape index (κ2) is 4.62. The summed E-state index contributed by atoms with van der Waals surface area (Å²) >= 11 is 0. The van der Waals surface area contributed by atoms with Gasteiger partial charge in [0.05, 0.1) is 6.61 Å². The van der Waals surface area contributed by atoms with Crippen LogP contribution in [-0.4, -0.2) is 17.7 Å². The summed E-state index contributed by atoms with van der Waals surface area (Å²) < 4.78 is 4.75. The number of phenols is 1. The molecule has 14 heavy (non-hydrogen) atoms. The summed E-state index contributed by atoms with van der Waals surface area (Å²) in [5.41, 5.74) is 6.15. The van der Waals surface area contributed by atoms with Crippen molar-refractivity contribution in [1.29, 1.82) is 0 Å². The zero-order valence-electron chi connectivity index (χ0n) is 7.93. The Balaban J connectivity index is 2.78. The van der Waals surface area contributed by atoms with E-state index in [9.17, 15) is 4.79 Å². The molecule has 4 nitrogen and oxygen atoms in total. The van der Waals surface area contributed by atoms with E-state index in [2.05, 4.69) is 0 Å². The van der Waals surface area contributed by atoms with Crippen molar-refractivity contribution in [3.8, 4) is 5.75 Å². The quantitative estimate of drug-likeness (QED) is 0.704. The Morgan fingerprint density at radius 1 is 1.64 bits per heavy atom. The molecule has 0 aromatic heterocycles. The summed E-state index contributed by atoms with van der Waals surface area (Å²) in [4.78, 5) is 11.2. The number of carbonyl (C=O) groups is 1. The lowest BCUT2D eigenvalue weighted by Gasteiger charge is -2.10. The first-order valence-corrected chi connectivity index (χ1v) is 4.36. The minimum Gasteiger partial charge on any atom is -0.508 e. The maximum Gasteiger partial charge on any atom is 0.327 e. The average Bonchev–Trinajstić information content (AvgIpc) is 2.17. The van der Waals surface area contributed by atoms with Gasteiger partial charge in [0.15, 0.2) is 0 Å². The molecule has 4 heteroatoms. The lowest BCUT2D eigenvalue weighted by atomic mass is 10.1. The van der Waals surface area contributed by atoms with E-state index >= 15 is 0 Å². The van der Waals surface area contributed by atoms with Crippen LogP contribution in [0.3, 0.4) is 0 Å². The van der Waals surface area contributed by atoms with Gasteiger partial charge in [-0.05, 0) is 24.6 Å². The maximum atomic E-state index is 11.2. The number of phenolic OH excluding ortho intramolecular Hbond substituents is 1. The molecule has 76 valence electrons. The lowest BCUT2D eigenvalue weighted by molar-refractivity contribution is -0.144. The molecule has 0 fully saturated rings. The SMILES string of the molecule is CCOC(=O)C(N)c1cccc(O)c1. The fraction of sp³-hybridized carbons (Fsp3) is 0.300. The van der Waals surface area contributed by atoms with E-state index < -0.39 is 12.0 Å². The van der Waals surface area contributed by atoms with Gasteiger partial charge in [0, 0.05) is 0 Å². The maximum absolute atomic E-state index is 11.2. The van der Waals surface area contributed by atoms with Crippen LogP contribution in [0.4, 0.5) is 0 Å². The van der Waals surface area contributed by atoms with Crippen LogP contribution in [0.25, 0.3) is 0 Å². The van der Waals surface area contributed by atoms with Crippen molar-refractivity contribution in [2.75, 3.05) is 6.61 Å². The number of nitrogens with two attached hydrogens (primary N) is 1. The Bertz CT molecular complexity index is 325. The Morgan fingerprint density at radius 3 is 2.93 bits per heavy atom. The molecule has 1 unspecified atom stereocenters. The fourth-order valence-electron chi connectivity index (χ4n) is 1.09. The van der Waals surface area contributed by atoms with Crippen molar-refractivity contribution >= 4 is 5.97 Å². The van der Waals surface area contributed by atoms with Crippen LogP contribution in [0.2, 0.25) is 0 Å². The van der Waals surface area contributed by atoms with E-state index in [1.807, 2.05) is 0 Å². The molecule has 0 heterocycles. The van der Waals surface area contributed by atoms with Gasteiger partial charge in [-0.15, -0.1) is 0 Å². The van der Waals surface area contributed by atoms with Crippen molar-refractivity contribution in [2.24, 2.45) is 5.73 Å². The highest BCUT2D eigenvalue weighted by Crippen LogP contribution is 2.17. The van der Waals surface area contributed by atoms with E-state index in [4.69, 9.17) is 15.6 Å². The fourth-order valence-corrected chi connectivity index (χ4v) is 1.09. The van der Waals surface area contributed by atoms with Crippen LogP contribution in [0, 0.1) is 0 Å². The number of aromatic hydroxyl groups is 1. The standard InChI is InChI=1S/C10H13NO3/c1-2-14-10(13)9(11)7-4-3-5-8(12)6-7/h3-6,9,12H,2,11H2,1H3. The van der Waals surface area contributed by atoms with Gasteiger partial charge < -0.3 is 15.6 Å². The molecule has 0 saturated heterocycles. The molecule has 0 saturated carbocycles. The molecule has 0 spiro atoms. The topological polar surface area (TPSA) is 72.5 Å². The molecule has 1 atom stereocenters. The van der Waals surface area contributed by atoms with E-state index in [-0.39, 0.29) is 5.75 Å². The zero-order chi connectivity index (χ0) is 10.6. The molecule has 1 aromatic rings. The molecular formula is C10H13NO3. The Morgan fingerprint density at radius 2 is 2.36 bits per heavy atom. The van der Waals surface area contributed by atoms with Crippen molar-refractivity contribution < 1.29 is 14.6 Å². The minimum atomic E-state index is -0.831. The molecule has 0 aliphatic heterocycles. The molecule has 0 radical (unpaired) electrons. The van der Waals surface area contributed by atoms with Crippen LogP contribution in [0.1, 0.15) is 18.5 Å². The highest BCUT2D eigenvalue weighted by Gasteiger charge is 2.16. The second-order valence-corrected chi connectivity index (χ2v) is 2.82. The Hall–Kier alpha value is -1.55. The van der Waals surface area contributed by atoms with Gasteiger partial charge in [-0.25, -0.2) is 4.79 Å². The van der Waals surface area contributed by atoms with Gasteiger partial charge in [0.2, 0.25) is 0 Å². The first-order valence-electron chi connectivity index (χ1n) is 4.36. The molecule has 0 aliphatic carbocycles. The molecule has 3 N–H and O–H groups in total. The summed E-state index contributed by atoms with van der Waals surface area (Å²) in [6.07, 6.45) is 0. The van der Waals surface area contributed by atoms with E-state index in [0.717, 1.165) is 0 Å².